The third-order valence-corrected chi connectivity index (χ3v) is 5.02. The predicted molar refractivity (Wildman–Crippen MR) is 87.1 cm³/mol. The zero-order valence-corrected chi connectivity index (χ0v) is 13.0. The van der Waals surface area contributed by atoms with Crippen LogP contribution in [0, 0.1) is 0 Å². The molecule has 0 radical (unpaired) electrons. The first-order valence-corrected chi connectivity index (χ1v) is 8.00. The summed E-state index contributed by atoms with van der Waals surface area (Å²) in [5.41, 5.74) is 1.83. The summed E-state index contributed by atoms with van der Waals surface area (Å²) in [6, 6.07) is 8.53. The Kier molecular flexibility index (Phi) is 3.39. The number of carbonyl (C=O) groups is 1. The van der Waals surface area contributed by atoms with Crippen LogP contribution in [0.3, 0.4) is 0 Å². The predicted octanol–water partition coefficient (Wildman–Crippen LogP) is 1.24. The molecule has 2 fully saturated rings. The Bertz CT molecular complexity index is 681. The van der Waals surface area contributed by atoms with Gasteiger partial charge in [0.25, 0.3) is 5.91 Å². The number of hydrogen-bond acceptors (Lipinski definition) is 3. The van der Waals surface area contributed by atoms with E-state index in [1.165, 1.54) is 0 Å². The number of carbonyl (C=O) groups excluding carboxylic acids is 1. The molecule has 4 rings (SSSR count). The first-order chi connectivity index (χ1) is 10.7. The van der Waals surface area contributed by atoms with Crippen molar-refractivity contribution < 1.29 is 4.79 Å². The molecule has 1 aromatic heterocycles. The minimum Gasteiger partial charge on any atom is -0.360 e. The van der Waals surface area contributed by atoms with Crippen molar-refractivity contribution in [1.82, 2.24) is 19.7 Å². The molecule has 0 saturated carbocycles. The summed E-state index contributed by atoms with van der Waals surface area (Å²) in [6.07, 6.45) is 1.84. The van der Waals surface area contributed by atoms with Gasteiger partial charge in [0.15, 0.2) is 0 Å². The van der Waals surface area contributed by atoms with Crippen LogP contribution in [0.2, 0.25) is 0 Å². The maximum absolute atomic E-state index is 12.7. The number of aromatic nitrogens is 1. The largest absolute Gasteiger partial charge is 0.360 e. The fourth-order valence-corrected chi connectivity index (χ4v) is 3.46. The molecule has 2 aromatic rings. The number of likely N-dealkylation sites (tertiary alicyclic amines) is 1. The molecule has 1 amide bonds. The second-order valence-electron chi connectivity index (χ2n) is 6.45. The second-order valence-corrected chi connectivity index (χ2v) is 6.45. The third-order valence-electron chi connectivity index (χ3n) is 5.02. The van der Waals surface area contributed by atoms with Crippen molar-refractivity contribution in [2.45, 2.75) is 6.04 Å². The first kappa shape index (κ1) is 13.8. The van der Waals surface area contributed by atoms with E-state index in [2.05, 4.69) is 21.8 Å². The van der Waals surface area contributed by atoms with Crippen LogP contribution >= 0.6 is 0 Å². The zero-order valence-electron chi connectivity index (χ0n) is 13.0. The van der Waals surface area contributed by atoms with Gasteiger partial charge in [-0.3, -0.25) is 9.69 Å². The quantitative estimate of drug-likeness (QED) is 0.907. The maximum atomic E-state index is 12.7. The molecule has 2 aliphatic heterocycles. The smallest absolute Gasteiger partial charge is 0.256 e. The molecule has 0 spiro atoms. The van der Waals surface area contributed by atoms with Gasteiger partial charge in [0, 0.05) is 62.4 Å². The number of benzene rings is 1. The molecule has 0 unspecified atom stereocenters. The van der Waals surface area contributed by atoms with Crippen LogP contribution < -0.4 is 0 Å². The van der Waals surface area contributed by atoms with Crippen molar-refractivity contribution in [3.63, 3.8) is 0 Å². The lowest BCUT2D eigenvalue weighted by molar-refractivity contribution is 0.0111. The van der Waals surface area contributed by atoms with E-state index in [0.717, 1.165) is 55.7 Å². The number of fused-ring (bicyclic) bond motifs is 1. The van der Waals surface area contributed by atoms with Crippen LogP contribution in [-0.4, -0.2) is 77.9 Å². The minimum absolute atomic E-state index is 0.155. The molecule has 22 heavy (non-hydrogen) atoms. The Morgan fingerprint density at radius 3 is 2.64 bits per heavy atom. The average Bonchev–Trinajstić information content (AvgIpc) is 2.91. The van der Waals surface area contributed by atoms with Gasteiger partial charge in [0.05, 0.1) is 5.56 Å². The Hall–Kier alpha value is -1.85. The molecule has 1 N–H and O–H groups in total. The van der Waals surface area contributed by atoms with E-state index in [1.54, 1.807) is 0 Å². The van der Waals surface area contributed by atoms with Gasteiger partial charge in [-0.25, -0.2) is 0 Å². The van der Waals surface area contributed by atoms with Crippen molar-refractivity contribution in [3.8, 4) is 0 Å². The lowest BCUT2D eigenvalue weighted by Crippen LogP contribution is -2.63. The molecule has 5 nitrogen and oxygen atoms in total. The van der Waals surface area contributed by atoms with Gasteiger partial charge >= 0.3 is 0 Å². The van der Waals surface area contributed by atoms with Gasteiger partial charge in [-0.2, -0.15) is 0 Å². The molecular weight excluding hydrogens is 276 g/mol. The van der Waals surface area contributed by atoms with Crippen LogP contribution in [0.5, 0.6) is 0 Å². The molecule has 116 valence electrons. The van der Waals surface area contributed by atoms with Gasteiger partial charge in [-0.15, -0.1) is 0 Å². The number of H-pyrrole nitrogens is 1. The van der Waals surface area contributed by atoms with Crippen LogP contribution in [0.1, 0.15) is 10.4 Å². The van der Waals surface area contributed by atoms with E-state index in [9.17, 15) is 4.79 Å². The molecule has 1 aromatic carbocycles. The number of likely N-dealkylation sites (N-methyl/N-ethyl adjacent to an activating group) is 1. The highest BCUT2D eigenvalue weighted by Gasteiger charge is 2.36. The zero-order chi connectivity index (χ0) is 15.1. The molecule has 2 saturated heterocycles. The molecule has 0 aliphatic carbocycles. The highest BCUT2D eigenvalue weighted by atomic mass is 16.2. The minimum atomic E-state index is 0.155. The average molecular weight is 298 g/mol. The lowest BCUT2D eigenvalue weighted by atomic mass is 10.0. The first-order valence-electron chi connectivity index (χ1n) is 8.00. The topological polar surface area (TPSA) is 42.6 Å². The van der Waals surface area contributed by atoms with Crippen LogP contribution in [0.15, 0.2) is 30.5 Å². The van der Waals surface area contributed by atoms with Crippen molar-refractivity contribution >= 4 is 16.8 Å². The van der Waals surface area contributed by atoms with Crippen LogP contribution in [0.4, 0.5) is 0 Å². The number of para-hydroxylation sites is 1. The van der Waals surface area contributed by atoms with E-state index in [-0.39, 0.29) is 5.91 Å². The highest BCUT2D eigenvalue weighted by Crippen LogP contribution is 2.23. The Balaban J connectivity index is 1.41. The third kappa shape index (κ3) is 2.30. The summed E-state index contributed by atoms with van der Waals surface area (Å²) in [6.45, 7) is 6.23. The molecule has 3 heterocycles. The number of hydrogen-bond donors (Lipinski definition) is 1. The lowest BCUT2D eigenvalue weighted by Gasteiger charge is -2.47. The summed E-state index contributed by atoms with van der Waals surface area (Å²) >= 11 is 0. The summed E-state index contributed by atoms with van der Waals surface area (Å²) in [7, 11) is 2.17. The number of piperazine rings is 1. The number of rotatable bonds is 2. The van der Waals surface area contributed by atoms with E-state index in [1.807, 2.05) is 35.4 Å². The fourth-order valence-electron chi connectivity index (χ4n) is 3.46. The van der Waals surface area contributed by atoms with Crippen molar-refractivity contribution in [2.24, 2.45) is 0 Å². The number of nitrogens with zero attached hydrogens (tertiary/aromatic N) is 3. The van der Waals surface area contributed by atoms with Gasteiger partial charge in [-0.1, -0.05) is 18.2 Å². The van der Waals surface area contributed by atoms with E-state index < -0.39 is 0 Å². The van der Waals surface area contributed by atoms with Crippen LogP contribution in [0.25, 0.3) is 10.9 Å². The van der Waals surface area contributed by atoms with Crippen molar-refractivity contribution in [3.05, 3.63) is 36.0 Å². The maximum Gasteiger partial charge on any atom is 0.256 e. The number of aromatic amines is 1. The number of nitrogens with one attached hydrogen (secondary N) is 1. The normalized spacial score (nSPS) is 21.2. The Labute approximate surface area is 130 Å². The van der Waals surface area contributed by atoms with E-state index in [0.29, 0.717) is 6.04 Å². The van der Waals surface area contributed by atoms with Gasteiger partial charge < -0.3 is 14.8 Å². The van der Waals surface area contributed by atoms with Gasteiger partial charge in [-0.05, 0) is 13.1 Å². The van der Waals surface area contributed by atoms with Crippen LogP contribution in [-0.2, 0) is 0 Å². The standard InChI is InChI=1S/C17H22N4O/c1-19-6-8-20(9-7-19)13-11-21(12-13)17(22)15-10-18-16-5-3-2-4-14(15)16/h2-5,10,13,18H,6-9,11-12H2,1H3. The molecule has 0 atom stereocenters. The monoisotopic (exact) mass is 298 g/mol. The fraction of sp³-hybridized carbons (Fsp3) is 0.471. The summed E-state index contributed by atoms with van der Waals surface area (Å²) in [4.78, 5) is 22.7. The summed E-state index contributed by atoms with van der Waals surface area (Å²) in [5, 5.41) is 1.02. The van der Waals surface area contributed by atoms with E-state index >= 15 is 0 Å². The SMILES string of the molecule is CN1CCN(C2CN(C(=O)c3c[nH]c4ccccc34)C2)CC1. The molecule has 5 heteroatoms. The molecule has 2 aliphatic rings. The van der Waals surface area contributed by atoms with Crippen molar-refractivity contribution in [1.29, 1.82) is 0 Å². The highest BCUT2D eigenvalue weighted by molar-refractivity contribution is 6.06. The van der Waals surface area contributed by atoms with Crippen molar-refractivity contribution in [2.75, 3.05) is 46.3 Å². The number of amides is 1. The van der Waals surface area contributed by atoms with Gasteiger partial charge in [0.1, 0.15) is 0 Å². The second kappa shape index (κ2) is 5.41. The van der Waals surface area contributed by atoms with Gasteiger partial charge in [0.2, 0.25) is 0 Å². The molecule has 0 bridgehead atoms. The summed E-state index contributed by atoms with van der Waals surface area (Å²) < 4.78 is 0. The Morgan fingerprint density at radius 2 is 1.86 bits per heavy atom. The molecular formula is C17H22N4O. The van der Waals surface area contributed by atoms with E-state index in [4.69, 9.17) is 0 Å². The Morgan fingerprint density at radius 1 is 1.14 bits per heavy atom. The summed E-state index contributed by atoms with van der Waals surface area (Å²) in [5.74, 6) is 0.155.